The van der Waals surface area contributed by atoms with Gasteiger partial charge in [-0.05, 0) is 12.1 Å². The first-order chi connectivity index (χ1) is 7.73. The number of nitrogens with one attached hydrogen (secondary N) is 1. The fraction of sp³-hybridized carbons (Fsp3) is 0.125. The van der Waals surface area contributed by atoms with E-state index in [1.54, 1.807) is 0 Å². The van der Waals surface area contributed by atoms with Crippen LogP contribution in [-0.4, -0.2) is 25.2 Å². The van der Waals surface area contributed by atoms with Crippen LogP contribution in [0.2, 0.25) is 0 Å². The van der Waals surface area contributed by atoms with Crippen LogP contribution in [0.5, 0.6) is 0 Å². The van der Waals surface area contributed by atoms with Gasteiger partial charge in [-0.15, -0.1) is 0 Å². The summed E-state index contributed by atoms with van der Waals surface area (Å²) in [5, 5.41) is 8.25. The van der Waals surface area contributed by atoms with Crippen molar-refractivity contribution < 1.29 is 31.5 Å². The van der Waals surface area contributed by atoms with E-state index in [9.17, 15) is 26.4 Å². The molecule has 0 aliphatic heterocycles. The summed E-state index contributed by atoms with van der Waals surface area (Å²) in [5.74, 6) is -8.05. The molecule has 1 aromatic rings. The predicted molar refractivity (Wildman–Crippen MR) is 51.4 cm³/mol. The maximum atomic E-state index is 13.0. The van der Waals surface area contributed by atoms with Gasteiger partial charge < -0.3 is 5.11 Å². The Balaban J connectivity index is 3.05. The molecule has 0 saturated carbocycles. The SMILES string of the molecule is O=C(O)CS(=O)(=O)Nc1ccc(F)c(F)c1F. The van der Waals surface area contributed by atoms with Crippen molar-refractivity contribution in [2.75, 3.05) is 10.5 Å². The lowest BCUT2D eigenvalue weighted by atomic mass is 10.3. The molecule has 5 nitrogen and oxygen atoms in total. The minimum Gasteiger partial charge on any atom is -0.480 e. The molecule has 0 heterocycles. The smallest absolute Gasteiger partial charge is 0.320 e. The molecule has 0 radical (unpaired) electrons. The van der Waals surface area contributed by atoms with Crippen LogP contribution in [0.25, 0.3) is 0 Å². The molecule has 0 spiro atoms. The number of carboxylic acids is 1. The van der Waals surface area contributed by atoms with E-state index in [4.69, 9.17) is 5.11 Å². The Morgan fingerprint density at radius 3 is 2.35 bits per heavy atom. The van der Waals surface area contributed by atoms with Gasteiger partial charge in [0.25, 0.3) is 0 Å². The van der Waals surface area contributed by atoms with E-state index >= 15 is 0 Å². The van der Waals surface area contributed by atoms with Crippen LogP contribution in [0.4, 0.5) is 18.9 Å². The van der Waals surface area contributed by atoms with Crippen molar-refractivity contribution in [3.8, 4) is 0 Å². The molecule has 0 aromatic heterocycles. The highest BCUT2D eigenvalue weighted by molar-refractivity contribution is 7.93. The topological polar surface area (TPSA) is 83.5 Å². The molecular formula is C8H6F3NO4S. The Morgan fingerprint density at radius 1 is 1.24 bits per heavy atom. The van der Waals surface area contributed by atoms with Crippen LogP contribution in [0.15, 0.2) is 12.1 Å². The van der Waals surface area contributed by atoms with Crippen LogP contribution < -0.4 is 4.72 Å². The Labute approximate surface area is 93.9 Å². The molecule has 0 aliphatic rings. The average Bonchev–Trinajstić information content (AvgIpc) is 2.17. The summed E-state index contributed by atoms with van der Waals surface area (Å²) in [6.07, 6.45) is 0. The fourth-order valence-corrected chi connectivity index (χ4v) is 1.86. The molecule has 9 heteroatoms. The molecule has 0 amide bonds. The second-order valence-corrected chi connectivity index (χ2v) is 4.70. The zero-order valence-corrected chi connectivity index (χ0v) is 8.89. The first-order valence-electron chi connectivity index (χ1n) is 4.09. The Hall–Kier alpha value is -1.77. The zero-order chi connectivity index (χ0) is 13.2. The van der Waals surface area contributed by atoms with Crippen molar-refractivity contribution in [2.24, 2.45) is 0 Å². The molecule has 0 atom stereocenters. The van der Waals surface area contributed by atoms with Gasteiger partial charge in [-0.1, -0.05) is 0 Å². The lowest BCUT2D eigenvalue weighted by Gasteiger charge is -2.07. The molecule has 0 unspecified atom stereocenters. The van der Waals surface area contributed by atoms with Gasteiger partial charge in [0.15, 0.2) is 23.2 Å². The minimum absolute atomic E-state index is 0.511. The number of rotatable bonds is 4. The Bertz CT molecular complexity index is 558. The summed E-state index contributed by atoms with van der Waals surface area (Å²) in [4.78, 5) is 10.2. The maximum Gasteiger partial charge on any atom is 0.320 e. The third kappa shape index (κ3) is 3.34. The van der Waals surface area contributed by atoms with E-state index in [0.29, 0.717) is 12.1 Å². The van der Waals surface area contributed by atoms with Gasteiger partial charge >= 0.3 is 5.97 Å². The first kappa shape index (κ1) is 13.3. The molecule has 17 heavy (non-hydrogen) atoms. The van der Waals surface area contributed by atoms with Gasteiger partial charge in [-0.25, -0.2) is 21.6 Å². The quantitative estimate of drug-likeness (QED) is 0.796. The van der Waals surface area contributed by atoms with Gasteiger partial charge in [-0.3, -0.25) is 9.52 Å². The second kappa shape index (κ2) is 4.62. The largest absolute Gasteiger partial charge is 0.480 e. The summed E-state index contributed by atoms with van der Waals surface area (Å²) >= 11 is 0. The molecule has 0 fully saturated rings. The number of anilines is 1. The van der Waals surface area contributed by atoms with E-state index in [1.807, 2.05) is 0 Å². The van der Waals surface area contributed by atoms with E-state index in [0.717, 1.165) is 0 Å². The van der Waals surface area contributed by atoms with E-state index < -0.39 is 44.9 Å². The fourth-order valence-electron chi connectivity index (χ4n) is 0.971. The number of carboxylic acid groups (broad SMARTS) is 1. The number of benzene rings is 1. The van der Waals surface area contributed by atoms with E-state index in [1.165, 1.54) is 4.72 Å². The molecule has 1 rings (SSSR count). The number of hydrogen-bond acceptors (Lipinski definition) is 3. The van der Waals surface area contributed by atoms with Crippen LogP contribution in [-0.2, 0) is 14.8 Å². The third-order valence-corrected chi connectivity index (χ3v) is 2.77. The van der Waals surface area contributed by atoms with Gasteiger partial charge in [-0.2, -0.15) is 0 Å². The highest BCUT2D eigenvalue weighted by atomic mass is 32.2. The lowest BCUT2D eigenvalue weighted by molar-refractivity contribution is -0.134. The zero-order valence-electron chi connectivity index (χ0n) is 8.08. The highest BCUT2D eigenvalue weighted by Gasteiger charge is 2.20. The minimum atomic E-state index is -4.36. The molecule has 2 N–H and O–H groups in total. The van der Waals surface area contributed by atoms with Crippen LogP contribution in [0, 0.1) is 17.5 Å². The van der Waals surface area contributed by atoms with Crippen molar-refractivity contribution in [3.63, 3.8) is 0 Å². The van der Waals surface area contributed by atoms with Gasteiger partial charge in [0.05, 0.1) is 5.69 Å². The summed E-state index contributed by atoms with van der Waals surface area (Å²) < 4.78 is 61.9. The summed E-state index contributed by atoms with van der Waals surface area (Å²) in [6.45, 7) is 0. The number of carbonyl (C=O) groups is 1. The number of halogens is 3. The Morgan fingerprint density at radius 2 is 1.82 bits per heavy atom. The molecular weight excluding hydrogens is 263 g/mol. The summed E-state index contributed by atoms with van der Waals surface area (Å²) in [7, 11) is -4.36. The number of hydrogen-bond donors (Lipinski definition) is 2. The summed E-state index contributed by atoms with van der Waals surface area (Å²) in [5.41, 5.74) is -0.856. The molecule has 1 aromatic carbocycles. The number of sulfonamides is 1. The van der Waals surface area contributed by atoms with Crippen molar-refractivity contribution in [2.45, 2.75) is 0 Å². The standard InChI is InChI=1S/C8H6F3NO4S/c9-4-1-2-5(8(11)7(4)10)12-17(15,16)3-6(13)14/h1-2,12H,3H2,(H,13,14). The Kier molecular flexibility index (Phi) is 3.61. The predicted octanol–water partition coefficient (Wildman–Crippen LogP) is 0.930. The van der Waals surface area contributed by atoms with E-state index in [2.05, 4.69) is 0 Å². The van der Waals surface area contributed by atoms with Gasteiger partial charge in [0, 0.05) is 0 Å². The monoisotopic (exact) mass is 269 g/mol. The van der Waals surface area contributed by atoms with Crippen molar-refractivity contribution in [3.05, 3.63) is 29.6 Å². The molecule has 0 saturated heterocycles. The van der Waals surface area contributed by atoms with Crippen LogP contribution >= 0.6 is 0 Å². The van der Waals surface area contributed by atoms with Crippen molar-refractivity contribution >= 4 is 21.7 Å². The third-order valence-electron chi connectivity index (χ3n) is 1.61. The normalized spacial score (nSPS) is 11.2. The second-order valence-electron chi connectivity index (χ2n) is 2.98. The summed E-state index contributed by atoms with van der Waals surface area (Å²) in [6, 6.07) is 1.16. The van der Waals surface area contributed by atoms with Crippen molar-refractivity contribution in [1.82, 2.24) is 0 Å². The average molecular weight is 269 g/mol. The maximum absolute atomic E-state index is 13.0. The molecule has 0 bridgehead atoms. The van der Waals surface area contributed by atoms with Crippen molar-refractivity contribution in [1.29, 1.82) is 0 Å². The van der Waals surface area contributed by atoms with Gasteiger partial charge in [0.2, 0.25) is 10.0 Å². The first-order valence-corrected chi connectivity index (χ1v) is 5.74. The van der Waals surface area contributed by atoms with Crippen LogP contribution in [0.3, 0.4) is 0 Å². The number of aliphatic carboxylic acids is 1. The van der Waals surface area contributed by atoms with Gasteiger partial charge in [0.1, 0.15) is 0 Å². The van der Waals surface area contributed by atoms with E-state index in [-0.39, 0.29) is 0 Å². The molecule has 0 aliphatic carbocycles. The highest BCUT2D eigenvalue weighted by Crippen LogP contribution is 2.20. The molecule has 94 valence electrons. The lowest BCUT2D eigenvalue weighted by Crippen LogP contribution is -2.23. The van der Waals surface area contributed by atoms with Crippen LogP contribution in [0.1, 0.15) is 0 Å².